The van der Waals surface area contributed by atoms with Gasteiger partial charge < -0.3 is 15.0 Å². The minimum Gasteiger partial charge on any atom is -0.492 e. The van der Waals surface area contributed by atoms with Crippen LogP contribution in [0.4, 0.5) is 0 Å². The Morgan fingerprint density at radius 3 is 2.42 bits per heavy atom. The van der Waals surface area contributed by atoms with Crippen LogP contribution in [0.5, 0.6) is 5.75 Å². The fourth-order valence-electron chi connectivity index (χ4n) is 4.28. The fourth-order valence-corrected chi connectivity index (χ4v) is 4.28. The third-order valence-corrected chi connectivity index (χ3v) is 6.31. The molecule has 1 aromatic rings. The quantitative estimate of drug-likeness (QED) is 0.638. The standard InChI is InChI=1S/C24H38N4O3/c1-20-8-7-9-22(18-20)31-17-10-25-24(30)21(2)27-15-13-26(14-16-27)19-23(29)28-11-5-3-4-6-12-28/h7-9,18,21H,3-6,10-17,19H2,1-2H3,(H,25,30). The molecule has 0 radical (unpaired) electrons. The second-order valence-electron chi connectivity index (χ2n) is 8.74. The summed E-state index contributed by atoms with van der Waals surface area (Å²) in [6.07, 6.45) is 4.73. The SMILES string of the molecule is Cc1cccc(OCCNC(=O)C(C)N2CCN(CC(=O)N3CCCCCC3)CC2)c1. The van der Waals surface area contributed by atoms with Crippen LogP contribution < -0.4 is 10.1 Å². The van der Waals surface area contributed by atoms with Crippen molar-refractivity contribution in [2.75, 3.05) is 59.0 Å². The highest BCUT2D eigenvalue weighted by Gasteiger charge is 2.27. The summed E-state index contributed by atoms with van der Waals surface area (Å²) in [6, 6.07) is 7.73. The number of amides is 2. The van der Waals surface area contributed by atoms with Crippen LogP contribution in [-0.4, -0.2) is 91.5 Å². The van der Waals surface area contributed by atoms with Gasteiger partial charge in [0.05, 0.1) is 19.1 Å². The Balaban J connectivity index is 1.32. The summed E-state index contributed by atoms with van der Waals surface area (Å²) in [5.74, 6) is 1.12. The molecule has 31 heavy (non-hydrogen) atoms. The first kappa shape index (κ1) is 23.5. The van der Waals surface area contributed by atoms with E-state index in [2.05, 4.69) is 15.1 Å². The summed E-state index contributed by atoms with van der Waals surface area (Å²) in [5.41, 5.74) is 1.16. The zero-order valence-electron chi connectivity index (χ0n) is 19.1. The Kier molecular flexibility index (Phi) is 9.15. The van der Waals surface area contributed by atoms with Crippen molar-refractivity contribution < 1.29 is 14.3 Å². The molecule has 0 bridgehead atoms. The van der Waals surface area contributed by atoms with E-state index in [1.807, 2.05) is 43.0 Å². The minimum absolute atomic E-state index is 0.0296. The number of carbonyl (C=O) groups is 2. The molecule has 3 rings (SSSR count). The molecule has 2 aliphatic heterocycles. The lowest BCUT2D eigenvalue weighted by Crippen LogP contribution is -2.55. The predicted molar refractivity (Wildman–Crippen MR) is 122 cm³/mol. The number of rotatable bonds is 8. The van der Waals surface area contributed by atoms with Crippen molar-refractivity contribution in [1.29, 1.82) is 0 Å². The van der Waals surface area contributed by atoms with Crippen LogP contribution in [-0.2, 0) is 9.59 Å². The number of ether oxygens (including phenoxy) is 1. The molecule has 1 N–H and O–H groups in total. The molecule has 1 unspecified atom stereocenters. The lowest BCUT2D eigenvalue weighted by Gasteiger charge is -2.37. The monoisotopic (exact) mass is 430 g/mol. The number of piperazine rings is 1. The van der Waals surface area contributed by atoms with E-state index in [1.165, 1.54) is 12.8 Å². The number of aryl methyl sites for hydroxylation is 1. The molecular formula is C24H38N4O3. The molecule has 7 nitrogen and oxygen atoms in total. The molecule has 0 saturated carbocycles. The van der Waals surface area contributed by atoms with E-state index in [1.54, 1.807) is 0 Å². The Labute approximate surface area is 186 Å². The second-order valence-corrected chi connectivity index (χ2v) is 8.74. The zero-order chi connectivity index (χ0) is 22.1. The molecule has 2 fully saturated rings. The molecule has 1 aromatic carbocycles. The number of likely N-dealkylation sites (tertiary alicyclic amines) is 1. The molecule has 1 atom stereocenters. The van der Waals surface area contributed by atoms with Gasteiger partial charge in [0.2, 0.25) is 11.8 Å². The van der Waals surface area contributed by atoms with Crippen molar-refractivity contribution >= 4 is 11.8 Å². The number of hydrogen-bond donors (Lipinski definition) is 1. The molecule has 2 amide bonds. The highest BCUT2D eigenvalue weighted by atomic mass is 16.5. The van der Waals surface area contributed by atoms with Gasteiger partial charge in [-0.3, -0.25) is 19.4 Å². The molecule has 0 spiro atoms. The van der Waals surface area contributed by atoms with Crippen molar-refractivity contribution in [3.05, 3.63) is 29.8 Å². The lowest BCUT2D eigenvalue weighted by molar-refractivity contribution is -0.133. The van der Waals surface area contributed by atoms with Gasteiger partial charge in [0.15, 0.2) is 0 Å². The third-order valence-electron chi connectivity index (χ3n) is 6.31. The van der Waals surface area contributed by atoms with Crippen molar-refractivity contribution in [3.8, 4) is 5.75 Å². The van der Waals surface area contributed by atoms with Crippen LogP contribution in [0, 0.1) is 6.92 Å². The van der Waals surface area contributed by atoms with Crippen LogP contribution >= 0.6 is 0 Å². The highest BCUT2D eigenvalue weighted by Crippen LogP contribution is 2.13. The van der Waals surface area contributed by atoms with E-state index in [-0.39, 0.29) is 17.9 Å². The molecule has 2 aliphatic rings. The van der Waals surface area contributed by atoms with Gasteiger partial charge in [-0.05, 0) is 44.4 Å². The van der Waals surface area contributed by atoms with E-state index in [4.69, 9.17) is 4.74 Å². The van der Waals surface area contributed by atoms with Gasteiger partial charge in [0, 0.05) is 39.3 Å². The van der Waals surface area contributed by atoms with Crippen LogP contribution in [0.25, 0.3) is 0 Å². The molecule has 2 saturated heterocycles. The summed E-state index contributed by atoms with van der Waals surface area (Å²) in [4.78, 5) is 31.6. The smallest absolute Gasteiger partial charge is 0.237 e. The average molecular weight is 431 g/mol. The topological polar surface area (TPSA) is 65.1 Å². The summed E-state index contributed by atoms with van der Waals surface area (Å²) >= 11 is 0. The number of nitrogens with one attached hydrogen (secondary N) is 1. The van der Waals surface area contributed by atoms with Crippen molar-refractivity contribution in [1.82, 2.24) is 20.0 Å². The minimum atomic E-state index is -0.178. The van der Waals surface area contributed by atoms with Gasteiger partial charge in [-0.2, -0.15) is 0 Å². The van der Waals surface area contributed by atoms with E-state index >= 15 is 0 Å². The van der Waals surface area contributed by atoms with Gasteiger partial charge in [0.25, 0.3) is 0 Å². The predicted octanol–water partition coefficient (Wildman–Crippen LogP) is 1.90. The fraction of sp³-hybridized carbons (Fsp3) is 0.667. The van der Waals surface area contributed by atoms with E-state index in [0.29, 0.717) is 19.7 Å². The van der Waals surface area contributed by atoms with Crippen molar-refractivity contribution in [2.45, 2.75) is 45.6 Å². The normalized spacial score (nSPS) is 19.5. The van der Waals surface area contributed by atoms with Crippen LogP contribution in [0.1, 0.15) is 38.2 Å². The number of nitrogens with zero attached hydrogens (tertiary/aromatic N) is 3. The summed E-state index contributed by atoms with van der Waals surface area (Å²) in [5, 5.41) is 2.98. The summed E-state index contributed by atoms with van der Waals surface area (Å²) in [6.45, 7) is 10.5. The molecular weight excluding hydrogens is 392 g/mol. The number of carbonyl (C=O) groups excluding carboxylic acids is 2. The summed E-state index contributed by atoms with van der Waals surface area (Å²) in [7, 11) is 0. The lowest BCUT2D eigenvalue weighted by atomic mass is 10.2. The van der Waals surface area contributed by atoms with Gasteiger partial charge in [-0.25, -0.2) is 0 Å². The maximum Gasteiger partial charge on any atom is 0.237 e. The first-order valence-corrected chi connectivity index (χ1v) is 11.7. The van der Waals surface area contributed by atoms with E-state index in [0.717, 1.165) is 63.4 Å². The maximum absolute atomic E-state index is 12.6. The van der Waals surface area contributed by atoms with Crippen molar-refractivity contribution in [2.24, 2.45) is 0 Å². The second kappa shape index (κ2) is 12.1. The van der Waals surface area contributed by atoms with Crippen LogP contribution in [0.2, 0.25) is 0 Å². The Morgan fingerprint density at radius 2 is 1.74 bits per heavy atom. The van der Waals surface area contributed by atoms with E-state index in [9.17, 15) is 9.59 Å². The summed E-state index contributed by atoms with van der Waals surface area (Å²) < 4.78 is 5.70. The maximum atomic E-state index is 12.6. The van der Waals surface area contributed by atoms with Gasteiger partial charge in [-0.1, -0.05) is 25.0 Å². The molecule has 172 valence electrons. The first-order chi connectivity index (χ1) is 15.0. The van der Waals surface area contributed by atoms with Crippen molar-refractivity contribution in [3.63, 3.8) is 0 Å². The molecule has 0 aliphatic carbocycles. The number of benzene rings is 1. The first-order valence-electron chi connectivity index (χ1n) is 11.7. The Hall–Kier alpha value is -2.12. The average Bonchev–Trinajstić information content (AvgIpc) is 3.06. The largest absolute Gasteiger partial charge is 0.492 e. The van der Waals surface area contributed by atoms with Gasteiger partial charge in [-0.15, -0.1) is 0 Å². The van der Waals surface area contributed by atoms with E-state index < -0.39 is 0 Å². The number of hydrogen-bond acceptors (Lipinski definition) is 5. The third kappa shape index (κ3) is 7.51. The van der Waals surface area contributed by atoms with Crippen LogP contribution in [0.3, 0.4) is 0 Å². The zero-order valence-corrected chi connectivity index (χ0v) is 19.1. The highest BCUT2D eigenvalue weighted by molar-refractivity contribution is 5.81. The Morgan fingerprint density at radius 1 is 1.03 bits per heavy atom. The molecule has 0 aromatic heterocycles. The van der Waals surface area contributed by atoms with Crippen LogP contribution in [0.15, 0.2) is 24.3 Å². The molecule has 2 heterocycles. The molecule has 7 heteroatoms. The van der Waals surface area contributed by atoms with Gasteiger partial charge in [0.1, 0.15) is 12.4 Å². The Bertz CT molecular complexity index is 711. The van der Waals surface area contributed by atoms with Gasteiger partial charge >= 0.3 is 0 Å².